The lowest BCUT2D eigenvalue weighted by atomic mass is 10.1. The molecule has 0 saturated carbocycles. The summed E-state index contributed by atoms with van der Waals surface area (Å²) in [7, 11) is 0. The first kappa shape index (κ1) is 17.9. The predicted molar refractivity (Wildman–Crippen MR) is 72.4 cm³/mol. The summed E-state index contributed by atoms with van der Waals surface area (Å²) in [6, 6.07) is 5.58. The van der Waals surface area contributed by atoms with Crippen molar-refractivity contribution >= 4 is 12.1 Å². The van der Waals surface area contributed by atoms with Crippen molar-refractivity contribution in [2.75, 3.05) is 6.61 Å². The van der Waals surface area contributed by atoms with Crippen LogP contribution in [0.4, 0.5) is 4.79 Å². The van der Waals surface area contributed by atoms with Crippen molar-refractivity contribution in [1.29, 1.82) is 0 Å². The number of rotatable bonds is 8. The number of carboxylic acids is 1. The van der Waals surface area contributed by atoms with E-state index in [0.717, 1.165) is 5.56 Å². The molecule has 122 valence electrons. The van der Waals surface area contributed by atoms with Gasteiger partial charge in [-0.15, -0.1) is 0 Å². The van der Waals surface area contributed by atoms with Crippen LogP contribution in [0.2, 0.25) is 0 Å². The van der Waals surface area contributed by atoms with Crippen molar-refractivity contribution in [3.8, 4) is 5.75 Å². The van der Waals surface area contributed by atoms with Crippen LogP contribution in [0.3, 0.4) is 0 Å². The Morgan fingerprint density at radius 1 is 1.27 bits per heavy atom. The van der Waals surface area contributed by atoms with Crippen molar-refractivity contribution in [3.63, 3.8) is 0 Å². The van der Waals surface area contributed by atoms with Crippen molar-refractivity contribution < 1.29 is 34.7 Å². The second-order valence-corrected chi connectivity index (χ2v) is 4.43. The van der Waals surface area contributed by atoms with Gasteiger partial charge in [-0.25, -0.2) is 4.79 Å². The second-order valence-electron chi connectivity index (χ2n) is 4.43. The average molecular weight is 314 g/mol. The lowest BCUT2D eigenvalue weighted by Gasteiger charge is -2.10. The van der Waals surface area contributed by atoms with Crippen LogP contribution < -0.4 is 10.1 Å². The number of hydrogen-bond acceptors (Lipinski definition) is 7. The van der Waals surface area contributed by atoms with E-state index in [1.807, 2.05) is 0 Å². The normalized spacial score (nSPS) is 12.0. The zero-order valence-electron chi connectivity index (χ0n) is 11.9. The summed E-state index contributed by atoms with van der Waals surface area (Å²) in [5.74, 6) is -0.870. The van der Waals surface area contributed by atoms with Gasteiger partial charge in [-0.2, -0.15) is 0 Å². The van der Waals surface area contributed by atoms with E-state index in [9.17, 15) is 9.59 Å². The van der Waals surface area contributed by atoms with Crippen molar-refractivity contribution in [2.24, 2.45) is 0 Å². The van der Waals surface area contributed by atoms with E-state index in [-0.39, 0.29) is 17.7 Å². The fourth-order valence-electron chi connectivity index (χ4n) is 1.52. The molecule has 1 unspecified atom stereocenters. The molecule has 0 bridgehead atoms. The molecule has 9 heteroatoms. The largest absolute Gasteiger partial charge is 0.480 e. The maximum absolute atomic E-state index is 11.4. The van der Waals surface area contributed by atoms with Gasteiger partial charge in [-0.1, -0.05) is 12.1 Å². The van der Waals surface area contributed by atoms with E-state index in [2.05, 4.69) is 10.2 Å². The van der Waals surface area contributed by atoms with E-state index < -0.39 is 18.1 Å². The van der Waals surface area contributed by atoms with Gasteiger partial charge in [0.15, 0.2) is 0 Å². The first-order valence-corrected chi connectivity index (χ1v) is 6.49. The molecule has 0 radical (unpaired) electrons. The number of carbonyl (C=O) groups excluding carboxylic acids is 1. The molecule has 0 aliphatic rings. The van der Waals surface area contributed by atoms with E-state index in [1.54, 1.807) is 24.3 Å². The summed E-state index contributed by atoms with van der Waals surface area (Å²) < 4.78 is 4.94. The summed E-state index contributed by atoms with van der Waals surface area (Å²) in [6.45, 7) is 1.47. The first-order chi connectivity index (χ1) is 10.4. The predicted octanol–water partition coefficient (Wildman–Crippen LogP) is 1.19. The molecule has 0 aliphatic carbocycles. The van der Waals surface area contributed by atoms with Crippen molar-refractivity contribution in [2.45, 2.75) is 25.8 Å². The van der Waals surface area contributed by atoms with E-state index >= 15 is 0 Å². The lowest BCUT2D eigenvalue weighted by molar-refractivity contribution is -0.492. The highest BCUT2D eigenvalue weighted by Crippen LogP contribution is 2.13. The quantitative estimate of drug-likeness (QED) is 0.416. The van der Waals surface area contributed by atoms with Gasteiger partial charge in [0.25, 0.3) is 0 Å². The standard InChI is InChI=1S/C13H18N2O7/c1-9(12(16)17)14-13(18)22-11-6-4-10(5-7-11)3-2-8-21-15(19)20/h4-7,9,19-20H,2-3,8H2,1H3,(H,14,18)(H,16,17). The van der Waals surface area contributed by atoms with E-state index in [1.165, 1.54) is 6.92 Å². The van der Waals surface area contributed by atoms with Crippen LogP contribution in [0, 0.1) is 0 Å². The molecule has 0 spiro atoms. The van der Waals surface area contributed by atoms with Crippen LogP contribution in [0.25, 0.3) is 0 Å². The van der Waals surface area contributed by atoms with Gasteiger partial charge in [-0.3, -0.25) is 20.0 Å². The van der Waals surface area contributed by atoms with Gasteiger partial charge in [0.1, 0.15) is 11.8 Å². The third kappa shape index (κ3) is 6.99. The minimum atomic E-state index is -1.15. The van der Waals surface area contributed by atoms with Crippen LogP contribution in [0.15, 0.2) is 24.3 Å². The molecule has 4 N–H and O–H groups in total. The molecule has 0 fully saturated rings. The number of nitrogens with zero attached hydrogens (tertiary/aromatic N) is 1. The Labute approximate surface area is 126 Å². The number of hydrogen-bond donors (Lipinski definition) is 4. The number of amides is 1. The van der Waals surface area contributed by atoms with Crippen molar-refractivity contribution in [3.05, 3.63) is 29.8 Å². The molecule has 1 aromatic rings. The van der Waals surface area contributed by atoms with Crippen molar-refractivity contribution in [1.82, 2.24) is 10.7 Å². The zero-order chi connectivity index (χ0) is 16.5. The molecule has 0 aromatic heterocycles. The average Bonchev–Trinajstić information content (AvgIpc) is 2.44. The van der Waals surface area contributed by atoms with Crippen LogP contribution in [-0.2, 0) is 16.1 Å². The summed E-state index contributed by atoms with van der Waals surface area (Å²) in [5.41, 5.74) is 0.942. The second kappa shape index (κ2) is 8.95. The molecule has 1 rings (SSSR count). The van der Waals surface area contributed by atoms with Gasteiger partial charge in [0.05, 0.1) is 12.0 Å². The van der Waals surface area contributed by atoms with Gasteiger partial charge in [-0.05, 0) is 37.5 Å². The summed E-state index contributed by atoms with van der Waals surface area (Å²) in [4.78, 5) is 26.4. The summed E-state index contributed by atoms with van der Waals surface area (Å²) in [5, 5.41) is 27.2. The number of benzene rings is 1. The third-order valence-corrected chi connectivity index (χ3v) is 2.66. The topological polar surface area (TPSA) is 129 Å². The minimum Gasteiger partial charge on any atom is -0.480 e. The van der Waals surface area contributed by atoms with Gasteiger partial charge in [0.2, 0.25) is 0 Å². The Balaban J connectivity index is 2.38. The van der Waals surface area contributed by atoms with Gasteiger partial charge >= 0.3 is 12.1 Å². The Morgan fingerprint density at radius 2 is 1.91 bits per heavy atom. The Hall–Kier alpha value is -2.20. The number of aliphatic carboxylic acids is 1. The summed E-state index contributed by atoms with van der Waals surface area (Å²) >= 11 is 0. The highest BCUT2D eigenvalue weighted by molar-refractivity contribution is 5.80. The highest BCUT2D eigenvalue weighted by atomic mass is 17.1. The SMILES string of the molecule is CC(NC(=O)Oc1ccc(CCCON(O)O)cc1)C(=O)O. The smallest absolute Gasteiger partial charge is 0.413 e. The van der Waals surface area contributed by atoms with Crippen LogP contribution in [-0.4, -0.2) is 45.6 Å². The number of ether oxygens (including phenoxy) is 1. The Morgan fingerprint density at radius 3 is 2.45 bits per heavy atom. The molecule has 1 atom stereocenters. The molecule has 0 saturated heterocycles. The van der Waals surface area contributed by atoms with Crippen LogP contribution in [0.1, 0.15) is 18.9 Å². The number of nitrogens with one attached hydrogen (secondary N) is 1. The monoisotopic (exact) mass is 314 g/mol. The van der Waals surface area contributed by atoms with Crippen LogP contribution >= 0.6 is 0 Å². The molecular weight excluding hydrogens is 296 g/mol. The molecule has 22 heavy (non-hydrogen) atoms. The van der Waals surface area contributed by atoms with Gasteiger partial charge < -0.3 is 15.2 Å². The molecule has 0 aliphatic heterocycles. The van der Waals surface area contributed by atoms with Gasteiger partial charge in [0, 0.05) is 0 Å². The van der Waals surface area contributed by atoms with E-state index in [4.69, 9.17) is 20.3 Å². The molecule has 0 heterocycles. The molecule has 1 aromatic carbocycles. The third-order valence-electron chi connectivity index (χ3n) is 2.66. The number of carboxylic acid groups (broad SMARTS) is 1. The fraction of sp³-hybridized carbons (Fsp3) is 0.385. The van der Waals surface area contributed by atoms with Crippen LogP contribution in [0.5, 0.6) is 5.75 Å². The molecule has 1 amide bonds. The highest BCUT2D eigenvalue weighted by Gasteiger charge is 2.15. The molecular formula is C13H18N2O7. The summed E-state index contributed by atoms with van der Waals surface area (Å²) in [6.07, 6.45) is 0.354. The maximum Gasteiger partial charge on any atom is 0.413 e. The number of aryl methyl sites for hydroxylation is 1. The minimum absolute atomic E-state index is 0.140. The Kier molecular flexibility index (Phi) is 7.26. The lowest BCUT2D eigenvalue weighted by Crippen LogP contribution is -2.39. The number of carbonyl (C=O) groups is 2. The maximum atomic E-state index is 11.4. The molecule has 9 nitrogen and oxygen atoms in total. The first-order valence-electron chi connectivity index (χ1n) is 6.49. The van der Waals surface area contributed by atoms with E-state index in [0.29, 0.717) is 12.8 Å². The zero-order valence-corrected chi connectivity index (χ0v) is 11.9. The Bertz CT molecular complexity index is 490. The fourth-order valence-corrected chi connectivity index (χ4v) is 1.52.